The van der Waals surface area contributed by atoms with Crippen molar-refractivity contribution < 1.29 is 22.4 Å². The van der Waals surface area contributed by atoms with Gasteiger partial charge in [-0.1, -0.05) is 0 Å². The van der Waals surface area contributed by atoms with Gasteiger partial charge in [0.2, 0.25) is 0 Å². The Balaban J connectivity index is 0.000000490. The monoisotopic (exact) mass is 222 g/mol. The standard InChI is InChI=1S/C2H4N4S.Ag/c1-6-4-2(7)3-5-6;/h1H3,(H,4,7);/q;+1/p-1. The Morgan fingerprint density at radius 3 is 2.38 bits per heavy atom. The van der Waals surface area contributed by atoms with Crippen LogP contribution in [0.3, 0.4) is 0 Å². The van der Waals surface area contributed by atoms with Crippen LogP contribution in [0.15, 0.2) is 5.16 Å². The van der Waals surface area contributed by atoms with E-state index in [4.69, 9.17) is 0 Å². The molecule has 1 heterocycles. The minimum absolute atomic E-state index is 0. The van der Waals surface area contributed by atoms with Crippen molar-refractivity contribution in [3.8, 4) is 0 Å². The molecule has 6 heteroatoms. The van der Waals surface area contributed by atoms with E-state index in [1.807, 2.05) is 0 Å². The van der Waals surface area contributed by atoms with E-state index in [0.717, 1.165) is 0 Å². The van der Waals surface area contributed by atoms with Crippen LogP contribution in [0.4, 0.5) is 0 Å². The molecule has 1 aromatic rings. The van der Waals surface area contributed by atoms with Gasteiger partial charge in [-0.25, -0.2) is 0 Å². The van der Waals surface area contributed by atoms with Crippen molar-refractivity contribution in [2.24, 2.45) is 7.05 Å². The Labute approximate surface area is 67.6 Å². The first-order chi connectivity index (χ1) is 3.29. The fourth-order valence-corrected chi connectivity index (χ4v) is 0.421. The number of hydrogen-bond donors (Lipinski definition) is 0. The molecule has 0 amide bonds. The van der Waals surface area contributed by atoms with Gasteiger partial charge in [0.1, 0.15) is 0 Å². The first-order valence-electron chi connectivity index (χ1n) is 1.70. The minimum Gasteiger partial charge on any atom is -0.736 e. The Morgan fingerprint density at radius 2 is 2.25 bits per heavy atom. The van der Waals surface area contributed by atoms with E-state index >= 15 is 0 Å². The van der Waals surface area contributed by atoms with Crippen molar-refractivity contribution >= 4 is 12.6 Å². The third-order valence-corrected chi connectivity index (χ3v) is 0.653. The molecule has 48 valence electrons. The number of aromatic nitrogens is 4. The van der Waals surface area contributed by atoms with Gasteiger partial charge in [-0.15, -0.1) is 5.10 Å². The van der Waals surface area contributed by atoms with Crippen LogP contribution in [0.1, 0.15) is 0 Å². The van der Waals surface area contributed by atoms with Crippen LogP contribution in [-0.4, -0.2) is 20.2 Å². The maximum atomic E-state index is 4.53. The van der Waals surface area contributed by atoms with Crippen molar-refractivity contribution in [1.29, 1.82) is 0 Å². The van der Waals surface area contributed by atoms with Crippen molar-refractivity contribution in [3.05, 3.63) is 0 Å². The topological polar surface area (TPSA) is 43.6 Å². The molecule has 4 nitrogen and oxygen atoms in total. The summed E-state index contributed by atoms with van der Waals surface area (Å²) in [5, 5.41) is 10.8. The predicted molar refractivity (Wildman–Crippen MR) is 24.4 cm³/mol. The van der Waals surface area contributed by atoms with Crippen LogP contribution >= 0.6 is 0 Å². The Hall–Kier alpha value is 0.0303. The zero-order valence-electron chi connectivity index (χ0n) is 4.00. The molecule has 0 aromatic carbocycles. The number of rotatable bonds is 0. The molecule has 0 aliphatic carbocycles. The molecule has 8 heavy (non-hydrogen) atoms. The summed E-state index contributed by atoms with van der Waals surface area (Å²) in [6, 6.07) is 0. The number of hydrogen-bond acceptors (Lipinski definition) is 4. The van der Waals surface area contributed by atoms with Gasteiger partial charge in [0.15, 0.2) is 0 Å². The van der Waals surface area contributed by atoms with E-state index in [1.54, 1.807) is 7.05 Å². The van der Waals surface area contributed by atoms with E-state index in [9.17, 15) is 0 Å². The summed E-state index contributed by atoms with van der Waals surface area (Å²) in [6.07, 6.45) is 0. The van der Waals surface area contributed by atoms with Gasteiger partial charge in [0, 0.05) is 0 Å². The molecule has 0 atom stereocenters. The van der Waals surface area contributed by atoms with Crippen LogP contribution in [0.25, 0.3) is 0 Å². The molecule has 0 N–H and O–H groups in total. The van der Waals surface area contributed by atoms with Crippen molar-refractivity contribution in [1.82, 2.24) is 20.2 Å². The number of tetrazole rings is 1. The minimum atomic E-state index is 0. The van der Waals surface area contributed by atoms with Gasteiger partial charge < -0.3 is 12.6 Å². The van der Waals surface area contributed by atoms with Gasteiger partial charge in [0.25, 0.3) is 0 Å². The molecule has 0 spiro atoms. The van der Waals surface area contributed by atoms with Gasteiger partial charge in [-0.2, -0.15) is 9.90 Å². The van der Waals surface area contributed by atoms with Crippen molar-refractivity contribution in [2.75, 3.05) is 0 Å². The van der Waals surface area contributed by atoms with Gasteiger partial charge in [-0.05, 0) is 5.21 Å². The molecular weight excluding hydrogens is 220 g/mol. The third kappa shape index (κ3) is 1.87. The average Bonchev–Trinajstić information content (AvgIpc) is 1.87. The molecule has 1 rings (SSSR count). The maximum Gasteiger partial charge on any atom is 1.00 e. The summed E-state index contributed by atoms with van der Waals surface area (Å²) < 4.78 is 0. The summed E-state index contributed by atoms with van der Waals surface area (Å²) in [7, 11) is 1.67. The van der Waals surface area contributed by atoms with Crippen LogP contribution in [0.2, 0.25) is 0 Å². The largest absolute Gasteiger partial charge is 1.00 e. The average molecular weight is 223 g/mol. The SMILES string of the molecule is Cn1nnc([S-])n1.[Ag+]. The molecule has 0 radical (unpaired) electrons. The van der Waals surface area contributed by atoms with Gasteiger partial charge in [-0.3, -0.25) is 0 Å². The van der Waals surface area contributed by atoms with Crippen LogP contribution in [-0.2, 0) is 42.1 Å². The summed E-state index contributed by atoms with van der Waals surface area (Å²) in [4.78, 5) is 1.32. The van der Waals surface area contributed by atoms with Crippen LogP contribution in [0.5, 0.6) is 0 Å². The summed E-state index contributed by atoms with van der Waals surface area (Å²) >= 11 is 4.53. The second-order valence-corrected chi connectivity index (χ2v) is 1.43. The molecule has 0 aliphatic heterocycles. The molecule has 0 unspecified atom stereocenters. The fraction of sp³-hybridized carbons (Fsp3) is 0.500. The maximum absolute atomic E-state index is 4.53. The van der Waals surface area contributed by atoms with E-state index in [1.165, 1.54) is 4.80 Å². The predicted octanol–water partition coefficient (Wildman–Crippen LogP) is -0.887. The second kappa shape index (κ2) is 3.14. The molecule has 0 bridgehead atoms. The van der Waals surface area contributed by atoms with Crippen molar-refractivity contribution in [3.63, 3.8) is 0 Å². The van der Waals surface area contributed by atoms with E-state index < -0.39 is 0 Å². The fourth-order valence-electron chi connectivity index (χ4n) is 0.267. The summed E-state index contributed by atoms with van der Waals surface area (Å²) in [6.45, 7) is 0. The number of aryl methyl sites for hydroxylation is 1. The first-order valence-corrected chi connectivity index (χ1v) is 2.11. The van der Waals surface area contributed by atoms with Crippen molar-refractivity contribution in [2.45, 2.75) is 5.16 Å². The molecule has 0 aliphatic rings. The second-order valence-electron chi connectivity index (χ2n) is 1.06. The normalized spacial score (nSPS) is 8.12. The summed E-state index contributed by atoms with van der Waals surface area (Å²) in [5.41, 5.74) is 0. The van der Waals surface area contributed by atoms with Gasteiger partial charge >= 0.3 is 22.4 Å². The molecule has 1 aromatic heterocycles. The van der Waals surface area contributed by atoms with E-state index in [0.29, 0.717) is 5.16 Å². The Kier molecular flexibility index (Phi) is 3.15. The summed E-state index contributed by atoms with van der Waals surface area (Å²) in [5.74, 6) is 0. The molecule has 0 saturated heterocycles. The Morgan fingerprint density at radius 1 is 1.62 bits per heavy atom. The Bertz CT molecular complexity index is 146. The zero-order valence-corrected chi connectivity index (χ0v) is 6.30. The number of nitrogens with zero attached hydrogens (tertiary/aromatic N) is 4. The molecule has 0 saturated carbocycles. The van der Waals surface area contributed by atoms with Crippen LogP contribution in [0, 0.1) is 0 Å². The smallest absolute Gasteiger partial charge is 0.736 e. The van der Waals surface area contributed by atoms with E-state index in [-0.39, 0.29) is 22.4 Å². The zero-order chi connectivity index (χ0) is 5.28. The third-order valence-electron chi connectivity index (χ3n) is 0.490. The van der Waals surface area contributed by atoms with Crippen LogP contribution < -0.4 is 0 Å². The molecular formula is C2H3AgN4S. The molecule has 0 fully saturated rings. The quantitative estimate of drug-likeness (QED) is 0.423. The van der Waals surface area contributed by atoms with E-state index in [2.05, 4.69) is 28.0 Å². The van der Waals surface area contributed by atoms with Gasteiger partial charge in [0.05, 0.1) is 12.2 Å². The first kappa shape index (κ1) is 8.03.